The van der Waals surface area contributed by atoms with Gasteiger partial charge in [-0.15, -0.1) is 0 Å². The van der Waals surface area contributed by atoms with Gasteiger partial charge in [0.1, 0.15) is 0 Å². The second-order valence-corrected chi connectivity index (χ2v) is 12.9. The summed E-state index contributed by atoms with van der Waals surface area (Å²) in [6.07, 6.45) is 8.53. The monoisotopic (exact) mass is 629 g/mol. The largest absolute Gasteiger partial charge is 0.333 e. The lowest BCUT2D eigenvalue weighted by Gasteiger charge is -2.36. The van der Waals surface area contributed by atoms with Crippen LogP contribution in [0.25, 0.3) is 38.2 Å². The van der Waals surface area contributed by atoms with Gasteiger partial charge in [0.05, 0.1) is 5.41 Å². The van der Waals surface area contributed by atoms with E-state index < -0.39 is 5.41 Å². The third-order valence-corrected chi connectivity index (χ3v) is 10.4. The summed E-state index contributed by atoms with van der Waals surface area (Å²) in [6, 6.07) is 55.8. The molecule has 1 spiro atoms. The number of rotatable bonds is 4. The van der Waals surface area contributed by atoms with Crippen molar-refractivity contribution >= 4 is 27.1 Å². The van der Waals surface area contributed by atoms with Gasteiger partial charge in [0.15, 0.2) is 0 Å². The summed E-state index contributed by atoms with van der Waals surface area (Å²) in [5, 5.41) is 5.30. The van der Waals surface area contributed by atoms with Crippen molar-refractivity contribution < 1.29 is 0 Å². The van der Waals surface area contributed by atoms with Crippen LogP contribution in [0.2, 0.25) is 0 Å². The lowest BCUT2D eigenvalue weighted by atomic mass is 9.65. The van der Waals surface area contributed by atoms with E-state index in [2.05, 4.69) is 176 Å². The lowest BCUT2D eigenvalue weighted by Crippen LogP contribution is -2.30. The van der Waals surface area contributed by atoms with Crippen LogP contribution >= 0.6 is 0 Å². The first-order chi connectivity index (χ1) is 24.2. The molecule has 2 aliphatic carbocycles. The summed E-state index contributed by atoms with van der Waals surface area (Å²) < 4.78 is 0. The molecule has 0 fully saturated rings. The quantitative estimate of drug-likeness (QED) is 0.193. The van der Waals surface area contributed by atoms with Crippen LogP contribution in [-0.2, 0) is 18.3 Å². The Morgan fingerprint density at radius 2 is 1.16 bits per heavy atom. The highest BCUT2D eigenvalue weighted by Gasteiger charge is 2.46. The van der Waals surface area contributed by atoms with Crippen molar-refractivity contribution in [1.29, 1.82) is 0 Å². The summed E-state index contributed by atoms with van der Waals surface area (Å²) in [7, 11) is 1.50. The van der Waals surface area contributed by atoms with Crippen molar-refractivity contribution in [3.8, 4) is 11.1 Å². The van der Waals surface area contributed by atoms with E-state index in [-0.39, 0.29) is 0 Å². The maximum absolute atomic E-state index is 4.83. The molecule has 0 unspecified atom stereocenters. The van der Waals surface area contributed by atoms with Crippen LogP contribution in [0.5, 0.6) is 0 Å². The number of benzene rings is 7. The summed E-state index contributed by atoms with van der Waals surface area (Å²) in [6.45, 7) is 4.83. The Morgan fingerprint density at radius 1 is 0.571 bits per heavy atom. The fourth-order valence-corrected chi connectivity index (χ4v) is 8.28. The van der Waals surface area contributed by atoms with Gasteiger partial charge in [0.25, 0.3) is 0 Å². The molecule has 0 atom stereocenters. The molecule has 9 rings (SSSR count). The van der Waals surface area contributed by atoms with E-state index in [0.717, 1.165) is 18.4 Å². The Bertz CT molecular complexity index is 2340. The molecule has 0 aromatic heterocycles. The molecule has 7 aromatic carbocycles. The molecular formula is C48H39N. The second kappa shape index (κ2) is 12.7. The van der Waals surface area contributed by atoms with Gasteiger partial charge in [0, 0.05) is 0 Å². The van der Waals surface area contributed by atoms with Crippen LogP contribution in [0.15, 0.2) is 182 Å². The van der Waals surface area contributed by atoms with Gasteiger partial charge in [-0.3, -0.25) is 0 Å². The smallest absolute Gasteiger partial charge is 0.0711 e. The van der Waals surface area contributed by atoms with Crippen LogP contribution in [0.4, 0.5) is 0 Å². The Hall–Kier alpha value is -5.76. The van der Waals surface area contributed by atoms with Gasteiger partial charge in [-0.05, 0) is 103 Å². The topological polar surface area (TPSA) is 26.0 Å². The molecule has 49 heavy (non-hydrogen) atoms. The Balaban J connectivity index is 0.00000171. The zero-order chi connectivity index (χ0) is 33.4. The first kappa shape index (κ1) is 30.6. The molecule has 1 nitrogen and oxygen atoms in total. The molecule has 0 amide bonds. The summed E-state index contributed by atoms with van der Waals surface area (Å²) in [5.74, 6) is 0. The highest BCUT2D eigenvalue weighted by atomic mass is 14.5. The van der Waals surface area contributed by atoms with Crippen molar-refractivity contribution in [1.82, 2.24) is 0 Å². The molecule has 0 radical (unpaired) electrons. The minimum atomic E-state index is -0.459. The van der Waals surface area contributed by atoms with Crippen molar-refractivity contribution in [2.45, 2.75) is 18.3 Å². The zero-order valence-electron chi connectivity index (χ0n) is 27.9. The van der Waals surface area contributed by atoms with Crippen LogP contribution in [0.1, 0.15) is 38.9 Å². The molecule has 2 N–H and O–H groups in total. The Labute approximate surface area is 289 Å². The van der Waals surface area contributed by atoms with E-state index in [9.17, 15) is 0 Å². The van der Waals surface area contributed by atoms with Crippen LogP contribution in [0.3, 0.4) is 0 Å². The minimum Gasteiger partial charge on any atom is -0.333 e. The van der Waals surface area contributed by atoms with Gasteiger partial charge in [0.2, 0.25) is 0 Å². The van der Waals surface area contributed by atoms with Crippen molar-refractivity contribution in [3.05, 3.63) is 221 Å². The average molecular weight is 630 g/mol. The van der Waals surface area contributed by atoms with E-state index in [0.29, 0.717) is 0 Å². The highest BCUT2D eigenvalue weighted by molar-refractivity contribution is 6.16. The first-order valence-electron chi connectivity index (χ1n) is 17.1. The fraction of sp³-hybridized carbons (Fsp3) is 0.0833. The molecule has 0 heterocycles. The molecular weight excluding hydrogens is 591 g/mol. The maximum Gasteiger partial charge on any atom is 0.0711 e. The normalized spacial score (nSPS) is 15.9. The molecule has 1 heteroatoms. The molecule has 236 valence electrons. The van der Waals surface area contributed by atoms with E-state index in [1.54, 1.807) is 0 Å². The van der Waals surface area contributed by atoms with Crippen LogP contribution < -0.4 is 5.73 Å². The molecule has 2 aliphatic rings. The predicted molar refractivity (Wildman–Crippen MR) is 209 cm³/mol. The van der Waals surface area contributed by atoms with Crippen molar-refractivity contribution in [3.63, 3.8) is 0 Å². The number of fused-ring (bicyclic) bond motifs is 4. The zero-order valence-corrected chi connectivity index (χ0v) is 27.9. The maximum atomic E-state index is 4.83. The third kappa shape index (κ3) is 4.98. The Kier molecular flexibility index (Phi) is 7.92. The van der Waals surface area contributed by atoms with E-state index in [4.69, 9.17) is 6.58 Å². The number of nitrogens with two attached hydrogens (primary N) is 1. The van der Waals surface area contributed by atoms with Crippen molar-refractivity contribution in [2.24, 2.45) is 5.73 Å². The van der Waals surface area contributed by atoms with Gasteiger partial charge in [-0.1, -0.05) is 176 Å². The minimum absolute atomic E-state index is 0.459. The van der Waals surface area contributed by atoms with Crippen LogP contribution in [-0.4, -0.2) is 7.05 Å². The summed E-state index contributed by atoms with van der Waals surface area (Å²) >= 11 is 0. The van der Waals surface area contributed by atoms with Gasteiger partial charge < -0.3 is 5.73 Å². The van der Waals surface area contributed by atoms with E-state index >= 15 is 0 Å². The summed E-state index contributed by atoms with van der Waals surface area (Å²) in [5.41, 5.74) is 18.3. The number of allylic oxidation sites excluding steroid dienone is 5. The number of hydrogen-bond donors (Lipinski definition) is 1. The van der Waals surface area contributed by atoms with E-state index in [1.165, 1.54) is 84.2 Å². The summed E-state index contributed by atoms with van der Waals surface area (Å²) in [4.78, 5) is 0. The fourth-order valence-electron chi connectivity index (χ4n) is 8.28. The van der Waals surface area contributed by atoms with Gasteiger partial charge >= 0.3 is 0 Å². The highest BCUT2D eigenvalue weighted by Crippen LogP contribution is 2.57. The van der Waals surface area contributed by atoms with E-state index in [1.807, 2.05) is 0 Å². The molecule has 0 saturated carbocycles. The molecule has 0 saturated heterocycles. The molecule has 0 aliphatic heterocycles. The van der Waals surface area contributed by atoms with Gasteiger partial charge in [-0.25, -0.2) is 0 Å². The molecule has 0 bridgehead atoms. The van der Waals surface area contributed by atoms with Crippen molar-refractivity contribution in [2.75, 3.05) is 7.05 Å². The standard InChI is InChI=1S/C47H34.CH5N/c1-32-12-9-19-39(41-20-7-5-15-38(41)30-33-24-26-35(27-25-33)34-13-3-2-4-14-34)31-40-16-6-8-21-42(40)47(32)43-22-10-17-36-28-29-37-18-11-23-44(47)46(37)45(36)43;1-2/h2-29H,1,30-31H2;2H2,1H3/b12-9-,39-19+;. The SMILES string of the molecule is C=C1/C=C\C=C(\c2ccccc2Cc2ccc(-c3ccccc3)cc2)Cc2ccccc2C12c1cccc3ccc4cccc2c4c13.CN. The number of hydrogen-bond acceptors (Lipinski definition) is 1. The second-order valence-electron chi connectivity index (χ2n) is 12.9. The first-order valence-corrected chi connectivity index (χ1v) is 17.1. The molecule has 7 aromatic rings. The lowest BCUT2D eigenvalue weighted by molar-refractivity contribution is 0.763. The van der Waals surface area contributed by atoms with Crippen LogP contribution in [0, 0.1) is 0 Å². The third-order valence-electron chi connectivity index (χ3n) is 10.4. The predicted octanol–water partition coefficient (Wildman–Crippen LogP) is 11.2. The Morgan fingerprint density at radius 3 is 1.88 bits per heavy atom. The average Bonchev–Trinajstić information content (AvgIpc) is 3.50. The van der Waals surface area contributed by atoms with Gasteiger partial charge in [-0.2, -0.15) is 0 Å².